The first-order valence-corrected chi connectivity index (χ1v) is 8.77. The Labute approximate surface area is 164 Å². The van der Waals surface area contributed by atoms with Crippen LogP contribution < -0.4 is 21.1 Å². The minimum atomic E-state index is -0.543. The van der Waals surface area contributed by atoms with E-state index in [1.807, 2.05) is 6.92 Å². The third-order valence-corrected chi connectivity index (χ3v) is 4.77. The first-order valence-electron chi connectivity index (χ1n) is 8.77. The Kier molecular flexibility index (Phi) is 6.82. The van der Waals surface area contributed by atoms with Crippen molar-refractivity contribution in [3.8, 4) is 11.5 Å². The lowest BCUT2D eigenvalue weighted by molar-refractivity contribution is -0.122. The highest BCUT2D eigenvalue weighted by Gasteiger charge is 2.38. The van der Waals surface area contributed by atoms with Crippen LogP contribution in [0.3, 0.4) is 0 Å². The van der Waals surface area contributed by atoms with Gasteiger partial charge in [0.25, 0.3) is 5.91 Å². The highest BCUT2D eigenvalue weighted by Crippen LogP contribution is 2.28. The molecule has 0 aromatic heterocycles. The van der Waals surface area contributed by atoms with Crippen LogP contribution in [-0.2, 0) is 4.79 Å². The Morgan fingerprint density at radius 3 is 2.48 bits per heavy atom. The molecule has 1 atom stereocenters. The van der Waals surface area contributed by atoms with Crippen molar-refractivity contribution in [1.82, 2.24) is 5.32 Å². The van der Waals surface area contributed by atoms with Crippen LogP contribution in [0.1, 0.15) is 36.5 Å². The SMILES string of the molecule is CCC1(C(=O)Nc2ccc(Oc3ccccc3C(N)=O)cc2)CCCN1.Cl. The summed E-state index contributed by atoms with van der Waals surface area (Å²) < 4.78 is 5.75. The number of anilines is 1. The van der Waals surface area contributed by atoms with Crippen LogP contribution in [-0.4, -0.2) is 23.9 Å². The van der Waals surface area contributed by atoms with Crippen molar-refractivity contribution in [2.24, 2.45) is 5.73 Å². The molecule has 27 heavy (non-hydrogen) atoms. The van der Waals surface area contributed by atoms with Crippen molar-refractivity contribution >= 4 is 29.9 Å². The van der Waals surface area contributed by atoms with Crippen LogP contribution in [0.15, 0.2) is 48.5 Å². The van der Waals surface area contributed by atoms with Crippen molar-refractivity contribution in [2.75, 3.05) is 11.9 Å². The second-order valence-corrected chi connectivity index (χ2v) is 6.41. The number of rotatable bonds is 6. The third-order valence-electron chi connectivity index (χ3n) is 4.77. The molecule has 1 unspecified atom stereocenters. The Morgan fingerprint density at radius 1 is 1.19 bits per heavy atom. The van der Waals surface area contributed by atoms with Crippen molar-refractivity contribution in [1.29, 1.82) is 0 Å². The van der Waals surface area contributed by atoms with Crippen molar-refractivity contribution in [3.05, 3.63) is 54.1 Å². The summed E-state index contributed by atoms with van der Waals surface area (Å²) in [6.07, 6.45) is 2.61. The molecule has 2 aromatic carbocycles. The second-order valence-electron chi connectivity index (χ2n) is 6.41. The maximum atomic E-state index is 12.6. The molecule has 6 nitrogen and oxygen atoms in total. The number of halogens is 1. The predicted molar refractivity (Wildman–Crippen MR) is 108 cm³/mol. The maximum Gasteiger partial charge on any atom is 0.252 e. The summed E-state index contributed by atoms with van der Waals surface area (Å²) in [5.74, 6) is 0.404. The molecule has 1 aliphatic rings. The van der Waals surface area contributed by atoms with Crippen LogP contribution in [0.2, 0.25) is 0 Å². The fourth-order valence-electron chi connectivity index (χ4n) is 3.21. The van der Waals surface area contributed by atoms with Crippen LogP contribution in [0.25, 0.3) is 0 Å². The molecule has 1 fully saturated rings. The van der Waals surface area contributed by atoms with E-state index in [9.17, 15) is 9.59 Å². The van der Waals surface area contributed by atoms with E-state index in [-0.39, 0.29) is 18.3 Å². The number of ether oxygens (including phenoxy) is 1. The number of para-hydroxylation sites is 1. The van der Waals surface area contributed by atoms with Gasteiger partial charge in [0.05, 0.1) is 11.1 Å². The van der Waals surface area contributed by atoms with E-state index < -0.39 is 11.4 Å². The summed E-state index contributed by atoms with van der Waals surface area (Å²) in [6, 6.07) is 13.8. The van der Waals surface area contributed by atoms with Gasteiger partial charge in [-0.1, -0.05) is 19.1 Å². The van der Waals surface area contributed by atoms with Gasteiger partial charge in [0.2, 0.25) is 5.91 Å². The summed E-state index contributed by atoms with van der Waals surface area (Å²) in [6.45, 7) is 2.89. The van der Waals surface area contributed by atoms with Gasteiger partial charge in [0.15, 0.2) is 0 Å². The van der Waals surface area contributed by atoms with Gasteiger partial charge in [-0.15, -0.1) is 12.4 Å². The van der Waals surface area contributed by atoms with Gasteiger partial charge in [0.1, 0.15) is 11.5 Å². The summed E-state index contributed by atoms with van der Waals surface area (Å²) in [7, 11) is 0. The number of primary amides is 1. The van der Waals surface area contributed by atoms with E-state index in [4.69, 9.17) is 10.5 Å². The quantitative estimate of drug-likeness (QED) is 0.705. The first kappa shape index (κ1) is 20.7. The number of benzene rings is 2. The molecular formula is C20H24ClN3O3. The lowest BCUT2D eigenvalue weighted by Gasteiger charge is -2.26. The molecule has 7 heteroatoms. The summed E-state index contributed by atoms with van der Waals surface area (Å²) in [4.78, 5) is 24.1. The molecule has 3 rings (SSSR count). The molecule has 1 saturated heterocycles. The summed E-state index contributed by atoms with van der Waals surface area (Å²) in [5.41, 5.74) is 5.91. The van der Waals surface area contributed by atoms with Crippen LogP contribution >= 0.6 is 12.4 Å². The summed E-state index contributed by atoms with van der Waals surface area (Å²) in [5, 5.41) is 6.29. The molecule has 2 amide bonds. The molecule has 2 aromatic rings. The van der Waals surface area contributed by atoms with Gasteiger partial charge in [-0.3, -0.25) is 9.59 Å². The first-order chi connectivity index (χ1) is 12.5. The van der Waals surface area contributed by atoms with E-state index >= 15 is 0 Å². The number of amides is 2. The standard InChI is InChI=1S/C20H23N3O3.ClH/c1-2-20(12-5-13-22-20)19(25)23-14-8-10-15(11-9-14)26-17-7-4-3-6-16(17)18(21)24;/h3-4,6-11,22H,2,5,12-13H2,1H3,(H2,21,24)(H,23,25);1H. The highest BCUT2D eigenvalue weighted by atomic mass is 35.5. The van der Waals surface area contributed by atoms with Gasteiger partial charge in [-0.05, 0) is 62.2 Å². The Balaban J connectivity index is 0.00000261. The topological polar surface area (TPSA) is 93.4 Å². The lowest BCUT2D eigenvalue weighted by Crippen LogP contribution is -2.50. The fourth-order valence-corrected chi connectivity index (χ4v) is 3.21. The molecule has 0 aliphatic carbocycles. The second kappa shape index (κ2) is 8.88. The van der Waals surface area contributed by atoms with E-state index in [1.165, 1.54) is 0 Å². The van der Waals surface area contributed by atoms with Gasteiger partial charge in [-0.2, -0.15) is 0 Å². The van der Waals surface area contributed by atoms with Crippen LogP contribution in [0.4, 0.5) is 5.69 Å². The predicted octanol–water partition coefficient (Wildman–Crippen LogP) is 3.47. The number of hydrogen-bond acceptors (Lipinski definition) is 4. The molecule has 144 valence electrons. The van der Waals surface area contributed by atoms with Crippen molar-refractivity contribution < 1.29 is 14.3 Å². The smallest absolute Gasteiger partial charge is 0.252 e. The van der Waals surface area contributed by atoms with Crippen LogP contribution in [0.5, 0.6) is 11.5 Å². The zero-order valence-corrected chi connectivity index (χ0v) is 16.0. The number of carbonyl (C=O) groups excluding carboxylic acids is 2. The maximum absolute atomic E-state index is 12.6. The van der Waals surface area contributed by atoms with Crippen molar-refractivity contribution in [3.63, 3.8) is 0 Å². The van der Waals surface area contributed by atoms with Gasteiger partial charge >= 0.3 is 0 Å². The normalized spacial score (nSPS) is 18.4. The molecule has 1 aliphatic heterocycles. The zero-order valence-electron chi connectivity index (χ0n) is 15.2. The monoisotopic (exact) mass is 389 g/mol. The lowest BCUT2D eigenvalue weighted by atomic mass is 9.93. The molecular weight excluding hydrogens is 366 g/mol. The average molecular weight is 390 g/mol. The molecule has 0 saturated carbocycles. The number of carbonyl (C=O) groups is 2. The van der Waals surface area contributed by atoms with Crippen LogP contribution in [0, 0.1) is 0 Å². The summed E-state index contributed by atoms with van der Waals surface area (Å²) >= 11 is 0. The Hall–Kier alpha value is -2.57. The zero-order chi connectivity index (χ0) is 18.6. The minimum Gasteiger partial charge on any atom is -0.457 e. The molecule has 4 N–H and O–H groups in total. The van der Waals surface area contributed by atoms with Gasteiger partial charge < -0.3 is 21.1 Å². The molecule has 0 bridgehead atoms. The number of nitrogens with two attached hydrogens (primary N) is 1. The number of hydrogen-bond donors (Lipinski definition) is 3. The third kappa shape index (κ3) is 4.59. The van der Waals surface area contributed by atoms with E-state index in [0.717, 1.165) is 25.8 Å². The van der Waals surface area contributed by atoms with E-state index in [0.29, 0.717) is 22.7 Å². The molecule has 1 heterocycles. The van der Waals surface area contributed by atoms with Crippen molar-refractivity contribution in [2.45, 2.75) is 31.7 Å². The highest BCUT2D eigenvalue weighted by molar-refractivity contribution is 5.98. The fraction of sp³-hybridized carbons (Fsp3) is 0.300. The van der Waals surface area contributed by atoms with E-state index in [1.54, 1.807) is 48.5 Å². The average Bonchev–Trinajstić information content (AvgIpc) is 3.14. The number of nitrogens with one attached hydrogen (secondary N) is 2. The molecule has 0 radical (unpaired) electrons. The minimum absolute atomic E-state index is 0. The largest absolute Gasteiger partial charge is 0.457 e. The van der Waals surface area contributed by atoms with Gasteiger partial charge in [0, 0.05) is 5.69 Å². The van der Waals surface area contributed by atoms with Gasteiger partial charge in [-0.25, -0.2) is 0 Å². The Bertz CT molecular complexity index is 802. The molecule has 0 spiro atoms. The van der Waals surface area contributed by atoms with E-state index in [2.05, 4.69) is 10.6 Å². The Morgan fingerprint density at radius 2 is 1.89 bits per heavy atom.